The first-order chi connectivity index (χ1) is 7.83. The molecule has 0 aliphatic heterocycles. The molecule has 4 heteroatoms. The van der Waals surface area contributed by atoms with E-state index in [4.69, 9.17) is 5.73 Å². The summed E-state index contributed by atoms with van der Waals surface area (Å²) >= 11 is 3.62. The largest absolute Gasteiger partial charge is 0.329 e. The van der Waals surface area contributed by atoms with Crippen molar-refractivity contribution >= 4 is 15.9 Å². The van der Waals surface area contributed by atoms with Crippen LogP contribution in [0, 0.1) is 0 Å². The van der Waals surface area contributed by atoms with Crippen LogP contribution in [-0.2, 0) is 6.54 Å². The van der Waals surface area contributed by atoms with E-state index in [9.17, 15) is 0 Å². The fourth-order valence-electron chi connectivity index (χ4n) is 2.63. The van der Waals surface area contributed by atoms with Crippen molar-refractivity contribution in [3.8, 4) is 0 Å². The Bertz CT molecular complexity index is 327. The third-order valence-electron chi connectivity index (χ3n) is 3.42. The summed E-state index contributed by atoms with van der Waals surface area (Å²) in [4.78, 5) is 0. The van der Waals surface area contributed by atoms with Crippen molar-refractivity contribution in [3.05, 3.63) is 16.4 Å². The highest BCUT2D eigenvalue weighted by atomic mass is 79.9. The van der Waals surface area contributed by atoms with Crippen LogP contribution in [0.5, 0.6) is 0 Å². The SMILES string of the molecule is NCCn1ncc(Br)c1C1CCCCCC1. The Labute approximate surface area is 106 Å². The van der Waals surface area contributed by atoms with Crippen LogP contribution in [-0.4, -0.2) is 16.3 Å². The normalized spacial score (nSPS) is 18.6. The lowest BCUT2D eigenvalue weighted by atomic mass is 9.96. The molecule has 0 spiro atoms. The predicted molar refractivity (Wildman–Crippen MR) is 69.4 cm³/mol. The highest BCUT2D eigenvalue weighted by Gasteiger charge is 2.21. The van der Waals surface area contributed by atoms with Gasteiger partial charge < -0.3 is 5.73 Å². The van der Waals surface area contributed by atoms with Gasteiger partial charge in [-0.05, 0) is 28.8 Å². The minimum Gasteiger partial charge on any atom is -0.329 e. The molecule has 1 aromatic rings. The quantitative estimate of drug-likeness (QED) is 0.868. The Morgan fingerprint density at radius 2 is 2.00 bits per heavy atom. The van der Waals surface area contributed by atoms with Crippen LogP contribution in [0.2, 0.25) is 0 Å². The monoisotopic (exact) mass is 285 g/mol. The summed E-state index contributed by atoms with van der Waals surface area (Å²) in [5.41, 5.74) is 6.99. The van der Waals surface area contributed by atoms with Gasteiger partial charge in [-0.1, -0.05) is 25.7 Å². The summed E-state index contributed by atoms with van der Waals surface area (Å²) in [7, 11) is 0. The smallest absolute Gasteiger partial charge is 0.0635 e. The van der Waals surface area contributed by atoms with Crippen molar-refractivity contribution in [2.24, 2.45) is 5.73 Å². The number of nitrogens with two attached hydrogens (primary N) is 1. The number of hydrogen-bond acceptors (Lipinski definition) is 2. The predicted octanol–water partition coefficient (Wildman–Crippen LogP) is 3.04. The summed E-state index contributed by atoms with van der Waals surface area (Å²) in [6.07, 6.45) is 9.99. The van der Waals surface area contributed by atoms with Crippen molar-refractivity contribution in [2.45, 2.75) is 51.0 Å². The fraction of sp³-hybridized carbons (Fsp3) is 0.750. The molecule has 0 unspecified atom stereocenters. The minimum atomic E-state index is 0.661. The molecule has 0 saturated heterocycles. The number of aromatic nitrogens is 2. The lowest BCUT2D eigenvalue weighted by Crippen LogP contribution is -2.15. The second-order valence-corrected chi connectivity index (χ2v) is 5.43. The molecular weight excluding hydrogens is 266 g/mol. The Hall–Kier alpha value is -0.350. The number of hydrogen-bond donors (Lipinski definition) is 1. The summed E-state index contributed by atoms with van der Waals surface area (Å²) < 4.78 is 3.24. The van der Waals surface area contributed by atoms with E-state index in [1.54, 1.807) is 0 Å². The number of nitrogens with zero attached hydrogens (tertiary/aromatic N) is 2. The van der Waals surface area contributed by atoms with E-state index in [2.05, 4.69) is 25.7 Å². The molecule has 0 atom stereocenters. The van der Waals surface area contributed by atoms with Gasteiger partial charge in [-0.15, -0.1) is 0 Å². The third kappa shape index (κ3) is 2.66. The molecule has 1 aliphatic carbocycles. The van der Waals surface area contributed by atoms with Crippen molar-refractivity contribution < 1.29 is 0 Å². The van der Waals surface area contributed by atoms with Crippen LogP contribution in [0.15, 0.2) is 10.7 Å². The molecule has 90 valence electrons. The lowest BCUT2D eigenvalue weighted by Gasteiger charge is -2.16. The summed E-state index contributed by atoms with van der Waals surface area (Å²) in [6, 6.07) is 0. The Morgan fingerprint density at radius 1 is 1.31 bits per heavy atom. The van der Waals surface area contributed by atoms with Gasteiger partial charge in [0, 0.05) is 12.5 Å². The topological polar surface area (TPSA) is 43.8 Å². The van der Waals surface area contributed by atoms with E-state index in [1.165, 1.54) is 44.2 Å². The van der Waals surface area contributed by atoms with Crippen LogP contribution >= 0.6 is 15.9 Å². The maximum Gasteiger partial charge on any atom is 0.0635 e. The van der Waals surface area contributed by atoms with Crippen LogP contribution < -0.4 is 5.73 Å². The molecule has 1 saturated carbocycles. The average Bonchev–Trinajstić information content (AvgIpc) is 2.53. The zero-order valence-electron chi connectivity index (χ0n) is 9.66. The minimum absolute atomic E-state index is 0.661. The van der Waals surface area contributed by atoms with Crippen LogP contribution in [0.25, 0.3) is 0 Å². The first-order valence-corrected chi connectivity index (χ1v) is 7.03. The molecule has 3 nitrogen and oxygen atoms in total. The zero-order valence-corrected chi connectivity index (χ0v) is 11.2. The van der Waals surface area contributed by atoms with E-state index >= 15 is 0 Å². The van der Waals surface area contributed by atoms with E-state index in [0.29, 0.717) is 12.5 Å². The second kappa shape index (κ2) is 5.82. The Balaban J connectivity index is 2.19. The molecule has 0 bridgehead atoms. The summed E-state index contributed by atoms with van der Waals surface area (Å²) in [5, 5.41) is 4.40. The molecule has 1 aliphatic rings. The lowest BCUT2D eigenvalue weighted by molar-refractivity contribution is 0.507. The molecule has 2 N–H and O–H groups in total. The second-order valence-electron chi connectivity index (χ2n) is 4.58. The fourth-order valence-corrected chi connectivity index (χ4v) is 3.25. The zero-order chi connectivity index (χ0) is 11.4. The van der Waals surface area contributed by atoms with Gasteiger partial charge in [-0.2, -0.15) is 5.10 Å². The average molecular weight is 286 g/mol. The van der Waals surface area contributed by atoms with E-state index in [0.717, 1.165) is 11.0 Å². The molecule has 0 aromatic carbocycles. The molecule has 1 fully saturated rings. The van der Waals surface area contributed by atoms with Gasteiger partial charge in [0.25, 0.3) is 0 Å². The summed E-state index contributed by atoms with van der Waals surface area (Å²) in [5.74, 6) is 0.672. The molecule has 16 heavy (non-hydrogen) atoms. The van der Waals surface area contributed by atoms with Crippen LogP contribution in [0.4, 0.5) is 0 Å². The Morgan fingerprint density at radius 3 is 2.62 bits per heavy atom. The van der Waals surface area contributed by atoms with Crippen molar-refractivity contribution in [1.29, 1.82) is 0 Å². The van der Waals surface area contributed by atoms with Crippen molar-refractivity contribution in [1.82, 2.24) is 9.78 Å². The van der Waals surface area contributed by atoms with Gasteiger partial charge >= 0.3 is 0 Å². The molecule has 2 rings (SSSR count). The highest BCUT2D eigenvalue weighted by Crippen LogP contribution is 2.35. The third-order valence-corrected chi connectivity index (χ3v) is 4.03. The maximum absolute atomic E-state index is 5.62. The van der Waals surface area contributed by atoms with Gasteiger partial charge in [0.05, 0.1) is 22.9 Å². The van der Waals surface area contributed by atoms with E-state index < -0.39 is 0 Å². The summed E-state index contributed by atoms with van der Waals surface area (Å²) in [6.45, 7) is 1.49. The van der Waals surface area contributed by atoms with E-state index in [-0.39, 0.29) is 0 Å². The van der Waals surface area contributed by atoms with Gasteiger partial charge in [0.2, 0.25) is 0 Å². The van der Waals surface area contributed by atoms with Crippen molar-refractivity contribution in [3.63, 3.8) is 0 Å². The van der Waals surface area contributed by atoms with E-state index in [1.807, 2.05) is 6.20 Å². The Kier molecular flexibility index (Phi) is 4.41. The standard InChI is InChI=1S/C12H20BrN3/c13-11-9-15-16(8-7-14)12(11)10-5-3-1-2-4-6-10/h9-10H,1-8,14H2. The number of rotatable bonds is 3. The van der Waals surface area contributed by atoms with Gasteiger partial charge in [-0.3, -0.25) is 4.68 Å². The first-order valence-electron chi connectivity index (χ1n) is 6.24. The molecule has 1 heterocycles. The van der Waals surface area contributed by atoms with Gasteiger partial charge in [0.15, 0.2) is 0 Å². The maximum atomic E-state index is 5.62. The molecular formula is C12H20BrN3. The van der Waals surface area contributed by atoms with Crippen LogP contribution in [0.1, 0.15) is 50.1 Å². The van der Waals surface area contributed by atoms with Gasteiger partial charge in [0.1, 0.15) is 0 Å². The van der Waals surface area contributed by atoms with Crippen molar-refractivity contribution in [2.75, 3.05) is 6.54 Å². The number of halogens is 1. The molecule has 0 amide bonds. The molecule has 1 aromatic heterocycles. The van der Waals surface area contributed by atoms with Crippen LogP contribution in [0.3, 0.4) is 0 Å². The highest BCUT2D eigenvalue weighted by molar-refractivity contribution is 9.10. The molecule has 0 radical (unpaired) electrons. The van der Waals surface area contributed by atoms with Gasteiger partial charge in [-0.25, -0.2) is 0 Å². The first kappa shape index (κ1) is 12.1.